The molecule has 36 heavy (non-hydrogen) atoms. The van der Waals surface area contributed by atoms with E-state index in [1.807, 2.05) is 0 Å². The van der Waals surface area contributed by atoms with Gasteiger partial charge in [-0.1, -0.05) is 13.8 Å². The molecule has 3 aliphatic rings. The van der Waals surface area contributed by atoms with Crippen LogP contribution in [0.15, 0.2) is 0 Å². The zero-order valence-corrected chi connectivity index (χ0v) is 20.7. The minimum absolute atomic E-state index is 0.00199. The lowest BCUT2D eigenvalue weighted by atomic mass is 9.64. The Hall–Kier alpha value is -0.790. The molecule has 4 nitrogen and oxygen atoms in total. The van der Waals surface area contributed by atoms with E-state index in [1.165, 1.54) is 27.9 Å². The number of alkyl halides is 9. The van der Waals surface area contributed by atoms with E-state index in [0.717, 1.165) is 6.92 Å². The van der Waals surface area contributed by atoms with Crippen molar-refractivity contribution in [2.45, 2.75) is 82.3 Å². The van der Waals surface area contributed by atoms with Gasteiger partial charge >= 0.3 is 18.5 Å². The molecule has 0 spiro atoms. The highest BCUT2D eigenvalue weighted by Gasteiger charge is 2.82. The summed E-state index contributed by atoms with van der Waals surface area (Å²) < 4.78 is 147. The van der Waals surface area contributed by atoms with Crippen LogP contribution < -0.4 is 0 Å². The molecule has 1 aliphatic heterocycles. The number of methoxy groups -OCH3 is 1. The third-order valence-electron chi connectivity index (χ3n) is 8.80. The fourth-order valence-electron chi connectivity index (χ4n) is 7.51. The molecule has 0 aromatic rings. The highest BCUT2D eigenvalue weighted by Crippen LogP contribution is 2.68. The molecule has 2 bridgehead atoms. The molecule has 0 aromatic heterocycles. The molecular weight excluding hydrogens is 511 g/mol. The van der Waals surface area contributed by atoms with Crippen LogP contribution >= 0.6 is 0 Å². The minimum Gasteiger partial charge on any atom is -0.382 e. The fourth-order valence-corrected chi connectivity index (χ4v) is 7.51. The molecule has 212 valence electrons. The molecule has 0 N–H and O–H groups in total. The first kappa shape index (κ1) is 29.8. The van der Waals surface area contributed by atoms with Crippen LogP contribution in [0.4, 0.5) is 39.5 Å². The molecule has 0 radical (unpaired) electrons. The Bertz CT molecular complexity index is 765. The van der Waals surface area contributed by atoms with Crippen LogP contribution in [0.25, 0.3) is 0 Å². The first-order chi connectivity index (χ1) is 16.3. The van der Waals surface area contributed by atoms with Crippen molar-refractivity contribution in [3.05, 3.63) is 0 Å². The van der Waals surface area contributed by atoms with Crippen molar-refractivity contribution in [2.75, 3.05) is 27.1 Å². The molecule has 0 amide bonds. The number of hydrogen-bond donors (Lipinski definition) is 0. The number of fused-ring (bicyclic) bond motifs is 2. The molecular formula is C23H33F9O4. The summed E-state index contributed by atoms with van der Waals surface area (Å²) in [5.41, 5.74) is -8.90. The summed E-state index contributed by atoms with van der Waals surface area (Å²) in [6.07, 6.45) is -16.9. The Labute approximate surface area is 204 Å². The van der Waals surface area contributed by atoms with Crippen LogP contribution in [0.2, 0.25) is 0 Å². The number of halogens is 9. The van der Waals surface area contributed by atoms with Gasteiger partial charge in [-0.2, -0.15) is 39.5 Å². The average molecular weight is 544 g/mol. The van der Waals surface area contributed by atoms with Gasteiger partial charge in [-0.25, -0.2) is 0 Å². The summed E-state index contributed by atoms with van der Waals surface area (Å²) in [7, 11) is 1.39. The second-order valence-electron chi connectivity index (χ2n) is 10.9. The van der Waals surface area contributed by atoms with E-state index >= 15 is 0 Å². The van der Waals surface area contributed by atoms with Crippen molar-refractivity contribution in [1.82, 2.24) is 0 Å². The lowest BCUT2D eigenvalue weighted by molar-refractivity contribution is -0.390. The van der Waals surface area contributed by atoms with Crippen molar-refractivity contribution < 1.29 is 58.5 Å². The largest absolute Gasteiger partial charge is 0.426 e. The first-order valence-electron chi connectivity index (χ1n) is 11.9. The van der Waals surface area contributed by atoms with Crippen molar-refractivity contribution in [1.29, 1.82) is 0 Å². The summed E-state index contributed by atoms with van der Waals surface area (Å²) >= 11 is 0. The van der Waals surface area contributed by atoms with E-state index in [2.05, 4.69) is 0 Å². The van der Waals surface area contributed by atoms with Gasteiger partial charge in [0, 0.05) is 18.9 Å². The summed E-state index contributed by atoms with van der Waals surface area (Å²) in [5.74, 6) is -6.71. The smallest absolute Gasteiger partial charge is 0.382 e. The monoisotopic (exact) mass is 544 g/mol. The lowest BCUT2D eigenvalue weighted by Gasteiger charge is -2.44. The van der Waals surface area contributed by atoms with Crippen molar-refractivity contribution in [2.24, 2.45) is 35.5 Å². The second-order valence-corrected chi connectivity index (χ2v) is 10.9. The summed E-state index contributed by atoms with van der Waals surface area (Å²) in [6, 6.07) is 0. The van der Waals surface area contributed by atoms with Gasteiger partial charge in [-0.3, -0.25) is 0 Å². The number of rotatable bonds is 7. The van der Waals surface area contributed by atoms with Gasteiger partial charge in [0.1, 0.15) is 6.79 Å². The molecule has 13 heteroatoms. The molecule has 1 heterocycles. The predicted octanol–water partition coefficient (Wildman–Crippen LogP) is 6.53. The van der Waals surface area contributed by atoms with Gasteiger partial charge < -0.3 is 18.9 Å². The molecule has 1 saturated heterocycles. The normalized spacial score (nSPS) is 38.5. The van der Waals surface area contributed by atoms with Crippen LogP contribution in [0, 0.1) is 35.5 Å². The summed E-state index contributed by atoms with van der Waals surface area (Å²) in [5, 5.41) is 0. The van der Waals surface area contributed by atoms with Gasteiger partial charge in [0.25, 0.3) is 5.60 Å². The van der Waals surface area contributed by atoms with Crippen molar-refractivity contribution >= 4 is 0 Å². The maximum absolute atomic E-state index is 14.4. The number of ether oxygens (including phenoxy) is 4. The third kappa shape index (κ3) is 4.43. The van der Waals surface area contributed by atoms with Crippen LogP contribution in [-0.2, 0) is 18.9 Å². The minimum atomic E-state index is -5.76. The molecule has 3 fully saturated rings. The second kappa shape index (κ2) is 9.44. The van der Waals surface area contributed by atoms with E-state index in [-0.39, 0.29) is 26.1 Å². The molecule has 3 rings (SSSR count). The standard InChI is InChI=1S/C23H33F9O4/c1-12-15-10-14(6-7-19(15,21(24,25)26)35-11-34-9-8-33-5)16(12)17-13(2)20(22(27,28)29,23(30,31)32)36-18(17,3)4/h12-17H,6-11H2,1-5H3. The lowest BCUT2D eigenvalue weighted by Crippen LogP contribution is -2.61. The Morgan fingerprint density at radius 2 is 1.47 bits per heavy atom. The van der Waals surface area contributed by atoms with Crippen molar-refractivity contribution in [3.8, 4) is 0 Å². The Kier molecular flexibility index (Phi) is 7.81. The van der Waals surface area contributed by atoms with Crippen LogP contribution in [-0.4, -0.2) is 62.4 Å². The maximum Gasteiger partial charge on any atom is 0.426 e. The average Bonchev–Trinajstić information content (AvgIpc) is 3.10. The van der Waals surface area contributed by atoms with Gasteiger partial charge in [-0.15, -0.1) is 0 Å². The highest BCUT2D eigenvalue weighted by atomic mass is 19.4. The first-order valence-corrected chi connectivity index (χ1v) is 11.9. The molecule has 7 atom stereocenters. The summed E-state index contributed by atoms with van der Waals surface area (Å²) in [6.45, 7) is 4.13. The van der Waals surface area contributed by atoms with Crippen molar-refractivity contribution in [3.63, 3.8) is 0 Å². The Balaban J connectivity index is 1.97. The SMILES string of the molecule is COCCOCOC1(C(F)(F)F)CCC2CC1C(C)C2C1C(C)C(C(F)(F)F)(C(F)(F)F)OC1(C)C. The van der Waals surface area contributed by atoms with Gasteiger partial charge in [0.05, 0.1) is 18.8 Å². The molecule has 7 unspecified atom stereocenters. The number of hydrogen-bond acceptors (Lipinski definition) is 4. The predicted molar refractivity (Wildman–Crippen MR) is 109 cm³/mol. The molecule has 2 saturated carbocycles. The quantitative estimate of drug-likeness (QED) is 0.208. The van der Waals surface area contributed by atoms with Gasteiger partial charge in [0.15, 0.2) is 5.60 Å². The topological polar surface area (TPSA) is 36.9 Å². The van der Waals surface area contributed by atoms with E-state index in [1.54, 1.807) is 0 Å². The highest BCUT2D eigenvalue weighted by molar-refractivity contribution is 5.17. The van der Waals surface area contributed by atoms with Crippen LogP contribution in [0.1, 0.15) is 47.0 Å². The van der Waals surface area contributed by atoms with E-state index < -0.39 is 84.1 Å². The zero-order valence-electron chi connectivity index (χ0n) is 20.7. The van der Waals surface area contributed by atoms with Crippen LogP contribution in [0.5, 0.6) is 0 Å². The third-order valence-corrected chi connectivity index (χ3v) is 8.80. The zero-order chi connectivity index (χ0) is 27.5. The van der Waals surface area contributed by atoms with E-state index in [4.69, 9.17) is 18.9 Å². The maximum atomic E-state index is 14.4. The summed E-state index contributed by atoms with van der Waals surface area (Å²) in [4.78, 5) is 0. The van der Waals surface area contributed by atoms with Crippen LogP contribution in [0.3, 0.4) is 0 Å². The van der Waals surface area contributed by atoms with E-state index in [9.17, 15) is 39.5 Å². The molecule has 2 aliphatic carbocycles. The fraction of sp³-hybridized carbons (Fsp3) is 1.00. The Morgan fingerprint density at radius 1 is 0.889 bits per heavy atom. The van der Waals surface area contributed by atoms with Gasteiger partial charge in [-0.05, 0) is 56.8 Å². The van der Waals surface area contributed by atoms with E-state index in [0.29, 0.717) is 0 Å². The molecule has 0 aromatic carbocycles. The van der Waals surface area contributed by atoms with Gasteiger partial charge in [0.2, 0.25) is 0 Å². The Morgan fingerprint density at radius 3 is 1.94 bits per heavy atom.